The second-order valence-electron chi connectivity index (χ2n) is 9.29. The van der Waals surface area contributed by atoms with Crippen molar-refractivity contribution in [2.45, 2.75) is 52.1 Å². The number of pyridine rings is 1. The lowest BCUT2D eigenvalue weighted by Crippen LogP contribution is -2.29. The van der Waals surface area contributed by atoms with E-state index in [4.69, 9.17) is 9.47 Å². The number of ether oxygens (including phenoxy) is 2. The van der Waals surface area contributed by atoms with Gasteiger partial charge in [-0.05, 0) is 66.4 Å². The fourth-order valence-electron chi connectivity index (χ4n) is 4.48. The minimum Gasteiger partial charge on any atom is -0.507 e. The van der Waals surface area contributed by atoms with Crippen molar-refractivity contribution in [2.24, 2.45) is 0 Å². The number of nitrogens with zero attached hydrogens (tertiary/aromatic N) is 2. The molecule has 1 fully saturated rings. The SMILES string of the molecule is CCCCCOc1cccc(C2/C(=C(\O)c3ccc(OCCC)cc3)C(=O)C(=O)N2Cc2cccnc2)c1. The second-order valence-corrected chi connectivity index (χ2v) is 9.29. The number of Topliss-reactive ketones (excluding diaryl/α,β-unsaturated/α-hetero) is 1. The van der Waals surface area contributed by atoms with Gasteiger partial charge < -0.3 is 19.5 Å². The number of aromatic nitrogens is 1. The molecule has 7 nitrogen and oxygen atoms in total. The summed E-state index contributed by atoms with van der Waals surface area (Å²) in [6.45, 7) is 5.50. The van der Waals surface area contributed by atoms with Gasteiger partial charge in [-0.15, -0.1) is 0 Å². The predicted molar refractivity (Wildman–Crippen MR) is 146 cm³/mol. The monoisotopic (exact) mass is 514 g/mol. The number of hydrogen-bond donors (Lipinski definition) is 1. The Balaban J connectivity index is 1.73. The van der Waals surface area contributed by atoms with Gasteiger partial charge in [0.1, 0.15) is 17.3 Å². The van der Waals surface area contributed by atoms with E-state index >= 15 is 0 Å². The van der Waals surface area contributed by atoms with Gasteiger partial charge in [-0.1, -0.05) is 44.9 Å². The van der Waals surface area contributed by atoms with E-state index in [0.717, 1.165) is 31.2 Å². The van der Waals surface area contributed by atoms with Gasteiger partial charge in [-0.3, -0.25) is 14.6 Å². The zero-order valence-corrected chi connectivity index (χ0v) is 21.9. The normalized spacial score (nSPS) is 16.6. The average Bonchev–Trinajstić information content (AvgIpc) is 3.20. The van der Waals surface area contributed by atoms with Crippen LogP contribution in [0.5, 0.6) is 11.5 Å². The molecule has 0 radical (unpaired) electrons. The smallest absolute Gasteiger partial charge is 0.295 e. The highest BCUT2D eigenvalue weighted by atomic mass is 16.5. The molecule has 0 aliphatic carbocycles. The molecule has 1 unspecified atom stereocenters. The standard InChI is InChI=1S/C31H34N2O5/c1-3-5-6-18-38-26-11-7-10-24(19-26)28-27(29(34)23-12-14-25(15-13-23)37-17-4-2)30(35)31(36)33(28)21-22-9-8-16-32-20-22/h7-16,19-20,28,34H,3-6,17-18,21H2,1-2H3/b29-27+. The molecule has 1 aliphatic rings. The number of likely N-dealkylation sites (tertiary alicyclic amines) is 1. The van der Waals surface area contributed by atoms with E-state index in [0.29, 0.717) is 35.8 Å². The fraction of sp³-hybridized carbons (Fsp3) is 0.323. The van der Waals surface area contributed by atoms with E-state index in [9.17, 15) is 14.7 Å². The van der Waals surface area contributed by atoms with E-state index in [1.807, 2.05) is 37.3 Å². The first kappa shape index (κ1) is 26.9. The molecular formula is C31H34N2O5. The Bertz CT molecular complexity index is 1270. The lowest BCUT2D eigenvalue weighted by Gasteiger charge is -2.25. The molecule has 1 aliphatic heterocycles. The first-order valence-corrected chi connectivity index (χ1v) is 13.2. The third-order valence-electron chi connectivity index (χ3n) is 6.41. The number of ketones is 1. The maximum Gasteiger partial charge on any atom is 0.295 e. The molecule has 1 N–H and O–H groups in total. The summed E-state index contributed by atoms with van der Waals surface area (Å²) in [7, 11) is 0. The first-order valence-electron chi connectivity index (χ1n) is 13.2. The Hall–Kier alpha value is -4.13. The van der Waals surface area contributed by atoms with Crippen molar-refractivity contribution in [1.82, 2.24) is 9.88 Å². The molecule has 0 saturated carbocycles. The number of unbranched alkanes of at least 4 members (excludes halogenated alkanes) is 2. The van der Waals surface area contributed by atoms with Crippen LogP contribution in [0.2, 0.25) is 0 Å². The zero-order chi connectivity index (χ0) is 26.9. The molecule has 198 valence electrons. The van der Waals surface area contributed by atoms with Crippen LogP contribution >= 0.6 is 0 Å². The van der Waals surface area contributed by atoms with Crippen LogP contribution in [-0.4, -0.2) is 39.9 Å². The van der Waals surface area contributed by atoms with Crippen LogP contribution in [0.15, 0.2) is 78.6 Å². The van der Waals surface area contributed by atoms with Gasteiger partial charge >= 0.3 is 0 Å². The number of carbonyl (C=O) groups is 2. The molecule has 1 saturated heterocycles. The van der Waals surface area contributed by atoms with E-state index in [1.165, 1.54) is 4.90 Å². The predicted octanol–water partition coefficient (Wildman–Crippen LogP) is 6.06. The number of aliphatic hydroxyl groups excluding tert-OH is 1. The third kappa shape index (κ3) is 6.22. The molecule has 2 heterocycles. The molecule has 7 heteroatoms. The summed E-state index contributed by atoms with van der Waals surface area (Å²) in [5.74, 6) is -0.291. The van der Waals surface area contributed by atoms with Gasteiger partial charge in [-0.2, -0.15) is 0 Å². The van der Waals surface area contributed by atoms with Crippen LogP contribution in [-0.2, 0) is 16.1 Å². The van der Waals surface area contributed by atoms with E-state index in [1.54, 1.807) is 42.7 Å². The zero-order valence-electron chi connectivity index (χ0n) is 21.9. The Morgan fingerprint density at radius 3 is 2.42 bits per heavy atom. The molecule has 0 spiro atoms. The lowest BCUT2D eigenvalue weighted by atomic mass is 9.95. The quantitative estimate of drug-likeness (QED) is 0.137. The van der Waals surface area contributed by atoms with Crippen LogP contribution in [0.4, 0.5) is 0 Å². The molecule has 3 aromatic rings. The van der Waals surface area contributed by atoms with Gasteiger partial charge in [-0.25, -0.2) is 0 Å². The summed E-state index contributed by atoms with van der Waals surface area (Å²) in [4.78, 5) is 32.3. The van der Waals surface area contributed by atoms with E-state index in [-0.39, 0.29) is 17.9 Å². The molecule has 2 aromatic carbocycles. The second kappa shape index (κ2) is 12.9. The van der Waals surface area contributed by atoms with E-state index in [2.05, 4.69) is 11.9 Å². The summed E-state index contributed by atoms with van der Waals surface area (Å²) in [5.41, 5.74) is 1.95. The largest absolute Gasteiger partial charge is 0.507 e. The van der Waals surface area contributed by atoms with Gasteiger partial charge in [0.05, 0.1) is 24.8 Å². The fourth-order valence-corrected chi connectivity index (χ4v) is 4.48. The molecule has 1 aromatic heterocycles. The number of amides is 1. The highest BCUT2D eigenvalue weighted by molar-refractivity contribution is 6.46. The Morgan fingerprint density at radius 2 is 1.71 bits per heavy atom. The third-order valence-corrected chi connectivity index (χ3v) is 6.41. The van der Waals surface area contributed by atoms with Crippen molar-refractivity contribution in [3.05, 3.63) is 95.3 Å². The van der Waals surface area contributed by atoms with Crippen LogP contribution in [0.25, 0.3) is 5.76 Å². The molecule has 0 bridgehead atoms. The number of hydrogen-bond acceptors (Lipinski definition) is 6. The molecular weight excluding hydrogens is 480 g/mol. The Morgan fingerprint density at radius 1 is 0.921 bits per heavy atom. The number of aliphatic hydroxyl groups is 1. The maximum atomic E-state index is 13.4. The van der Waals surface area contributed by atoms with Crippen molar-refractivity contribution < 1.29 is 24.2 Å². The van der Waals surface area contributed by atoms with E-state index < -0.39 is 17.7 Å². The molecule has 1 amide bonds. The van der Waals surface area contributed by atoms with Crippen molar-refractivity contribution >= 4 is 17.4 Å². The molecule has 38 heavy (non-hydrogen) atoms. The minimum absolute atomic E-state index is 0.0456. The lowest BCUT2D eigenvalue weighted by molar-refractivity contribution is -0.140. The summed E-state index contributed by atoms with van der Waals surface area (Å²) < 4.78 is 11.6. The Kier molecular flexibility index (Phi) is 9.14. The van der Waals surface area contributed by atoms with Crippen molar-refractivity contribution in [1.29, 1.82) is 0 Å². The molecule has 1 atom stereocenters. The van der Waals surface area contributed by atoms with Crippen molar-refractivity contribution in [3.8, 4) is 11.5 Å². The summed E-state index contributed by atoms with van der Waals surface area (Å²) in [6, 6.07) is 17.1. The van der Waals surface area contributed by atoms with Crippen LogP contribution in [0.1, 0.15) is 62.3 Å². The Labute approximate surface area is 223 Å². The highest BCUT2D eigenvalue weighted by Crippen LogP contribution is 2.41. The van der Waals surface area contributed by atoms with Crippen LogP contribution in [0, 0.1) is 0 Å². The number of benzene rings is 2. The minimum atomic E-state index is -0.787. The molecule has 4 rings (SSSR count). The van der Waals surface area contributed by atoms with Crippen molar-refractivity contribution in [2.75, 3.05) is 13.2 Å². The van der Waals surface area contributed by atoms with Crippen LogP contribution < -0.4 is 9.47 Å². The summed E-state index contributed by atoms with van der Waals surface area (Å²) in [6.07, 6.45) is 7.31. The average molecular weight is 515 g/mol. The summed E-state index contributed by atoms with van der Waals surface area (Å²) in [5, 5.41) is 11.4. The number of carbonyl (C=O) groups excluding carboxylic acids is 2. The van der Waals surface area contributed by atoms with Gasteiger partial charge in [0.15, 0.2) is 0 Å². The summed E-state index contributed by atoms with van der Waals surface area (Å²) >= 11 is 0. The van der Waals surface area contributed by atoms with Crippen molar-refractivity contribution in [3.63, 3.8) is 0 Å². The van der Waals surface area contributed by atoms with Gasteiger partial charge in [0.25, 0.3) is 11.7 Å². The van der Waals surface area contributed by atoms with Crippen LogP contribution in [0.3, 0.4) is 0 Å². The van der Waals surface area contributed by atoms with Gasteiger partial charge in [0, 0.05) is 24.5 Å². The number of rotatable bonds is 12. The highest BCUT2D eigenvalue weighted by Gasteiger charge is 2.46. The maximum absolute atomic E-state index is 13.4. The first-order chi connectivity index (χ1) is 18.5. The topological polar surface area (TPSA) is 89.0 Å². The van der Waals surface area contributed by atoms with Gasteiger partial charge in [0.2, 0.25) is 0 Å².